The molecule has 0 radical (unpaired) electrons. The van der Waals surface area contributed by atoms with E-state index in [1.165, 1.54) is 12.8 Å². The molecule has 0 spiro atoms. The molecular formula is C15H22N2O. The van der Waals surface area contributed by atoms with Crippen LogP contribution in [0.1, 0.15) is 62.1 Å². The minimum Gasteiger partial charge on any atom is -0.287 e. The Labute approximate surface area is 109 Å². The summed E-state index contributed by atoms with van der Waals surface area (Å²) in [7, 11) is 0. The van der Waals surface area contributed by atoms with Gasteiger partial charge in [-0.2, -0.15) is 5.10 Å². The summed E-state index contributed by atoms with van der Waals surface area (Å²) in [5.74, 6) is 0.186. The highest BCUT2D eigenvalue weighted by Gasteiger charge is 2.18. The van der Waals surface area contributed by atoms with Gasteiger partial charge in [-0.15, -0.1) is 0 Å². The first-order valence-electron chi connectivity index (χ1n) is 7.06. The number of hydrogen-bond acceptors (Lipinski definition) is 2. The molecule has 0 atom stereocenters. The molecule has 0 unspecified atom stereocenters. The van der Waals surface area contributed by atoms with Crippen molar-refractivity contribution in [2.24, 2.45) is 0 Å². The molecule has 3 heteroatoms. The van der Waals surface area contributed by atoms with Gasteiger partial charge in [-0.3, -0.25) is 9.48 Å². The predicted octanol–water partition coefficient (Wildman–Crippen LogP) is 3.54. The average molecular weight is 246 g/mol. The van der Waals surface area contributed by atoms with Crippen LogP contribution in [0.15, 0.2) is 17.7 Å². The van der Waals surface area contributed by atoms with E-state index in [-0.39, 0.29) is 5.78 Å². The molecule has 0 aromatic carbocycles. The third-order valence-electron chi connectivity index (χ3n) is 3.56. The maximum absolute atomic E-state index is 12.5. The quantitative estimate of drug-likeness (QED) is 0.762. The number of nitrogens with zero attached hydrogens (tertiary/aromatic N) is 2. The van der Waals surface area contributed by atoms with Gasteiger partial charge in [-0.25, -0.2) is 0 Å². The Balaban J connectivity index is 2.26. The van der Waals surface area contributed by atoms with Gasteiger partial charge in [-0.1, -0.05) is 19.4 Å². The highest BCUT2D eigenvalue weighted by atomic mass is 16.1. The zero-order valence-corrected chi connectivity index (χ0v) is 11.4. The van der Waals surface area contributed by atoms with E-state index >= 15 is 0 Å². The summed E-state index contributed by atoms with van der Waals surface area (Å²) in [5, 5.41) is 4.46. The smallest absolute Gasteiger partial charge is 0.206 e. The van der Waals surface area contributed by atoms with E-state index in [1.54, 1.807) is 0 Å². The summed E-state index contributed by atoms with van der Waals surface area (Å²) in [6, 6.07) is 1.96. The van der Waals surface area contributed by atoms with E-state index in [2.05, 4.69) is 18.1 Å². The van der Waals surface area contributed by atoms with Crippen LogP contribution in [0, 0.1) is 0 Å². The van der Waals surface area contributed by atoms with Gasteiger partial charge in [0, 0.05) is 6.54 Å². The van der Waals surface area contributed by atoms with Crippen molar-refractivity contribution in [3.8, 4) is 0 Å². The molecule has 98 valence electrons. The fraction of sp³-hybridized carbons (Fsp3) is 0.600. The Bertz CT molecular complexity index is 457. The molecule has 0 N–H and O–H groups in total. The maximum Gasteiger partial charge on any atom is 0.206 e. The van der Waals surface area contributed by atoms with Gasteiger partial charge in [0.05, 0.1) is 5.69 Å². The van der Waals surface area contributed by atoms with Gasteiger partial charge in [0.2, 0.25) is 5.78 Å². The first-order valence-corrected chi connectivity index (χ1v) is 7.06. The predicted molar refractivity (Wildman–Crippen MR) is 72.8 cm³/mol. The van der Waals surface area contributed by atoms with Crippen molar-refractivity contribution in [1.82, 2.24) is 9.78 Å². The Kier molecular flexibility index (Phi) is 4.34. The largest absolute Gasteiger partial charge is 0.287 e. The number of ketones is 1. The fourth-order valence-electron chi connectivity index (χ4n) is 2.45. The molecular weight excluding hydrogens is 224 g/mol. The second-order valence-electron chi connectivity index (χ2n) is 4.85. The molecule has 0 saturated heterocycles. The van der Waals surface area contributed by atoms with Gasteiger partial charge in [-0.05, 0) is 50.7 Å². The molecule has 1 aromatic rings. The lowest BCUT2D eigenvalue weighted by atomic mass is 10.0. The second-order valence-corrected chi connectivity index (χ2v) is 4.85. The molecule has 2 rings (SSSR count). The van der Waals surface area contributed by atoms with E-state index in [0.717, 1.165) is 49.2 Å². The number of hydrogen-bond donors (Lipinski definition) is 0. The van der Waals surface area contributed by atoms with Crippen LogP contribution >= 0.6 is 0 Å². The highest BCUT2D eigenvalue weighted by Crippen LogP contribution is 2.21. The van der Waals surface area contributed by atoms with Crippen LogP contribution < -0.4 is 0 Å². The number of carbonyl (C=O) groups excluding carboxylic acids is 1. The monoisotopic (exact) mass is 246 g/mol. The lowest BCUT2D eigenvalue weighted by Gasteiger charge is -2.06. The lowest BCUT2D eigenvalue weighted by molar-refractivity contribution is 0.102. The van der Waals surface area contributed by atoms with Crippen molar-refractivity contribution >= 4 is 5.78 Å². The topological polar surface area (TPSA) is 34.9 Å². The minimum absolute atomic E-state index is 0.186. The number of Topliss-reactive ketones (excluding diaryl/α,β-unsaturated/α-hetero) is 1. The summed E-state index contributed by atoms with van der Waals surface area (Å²) in [5.41, 5.74) is 2.77. The van der Waals surface area contributed by atoms with E-state index in [0.29, 0.717) is 0 Å². The average Bonchev–Trinajstić information content (AvgIpc) is 2.63. The molecule has 0 saturated carbocycles. The summed E-state index contributed by atoms with van der Waals surface area (Å²) in [6.45, 7) is 4.86. The van der Waals surface area contributed by atoms with Gasteiger partial charge in [0.25, 0.3) is 0 Å². The molecule has 1 aromatic heterocycles. The van der Waals surface area contributed by atoms with Crippen molar-refractivity contribution in [3.05, 3.63) is 29.1 Å². The van der Waals surface area contributed by atoms with E-state index in [1.807, 2.05) is 17.7 Å². The van der Waals surface area contributed by atoms with E-state index in [9.17, 15) is 4.79 Å². The van der Waals surface area contributed by atoms with Gasteiger partial charge < -0.3 is 0 Å². The SMILES string of the molecule is CCc1cc(C(=O)C2=CCCCCC2)n(CC)n1. The lowest BCUT2D eigenvalue weighted by Crippen LogP contribution is -2.11. The molecule has 0 aliphatic heterocycles. The summed E-state index contributed by atoms with van der Waals surface area (Å²) in [6.07, 6.45) is 8.57. The first-order chi connectivity index (χ1) is 8.76. The highest BCUT2D eigenvalue weighted by molar-refractivity contribution is 6.07. The zero-order chi connectivity index (χ0) is 13.0. The van der Waals surface area contributed by atoms with Crippen molar-refractivity contribution in [3.63, 3.8) is 0 Å². The van der Waals surface area contributed by atoms with Crippen molar-refractivity contribution in [2.75, 3.05) is 0 Å². The third kappa shape index (κ3) is 2.71. The van der Waals surface area contributed by atoms with Crippen molar-refractivity contribution in [2.45, 2.75) is 58.9 Å². The Morgan fingerprint density at radius 3 is 2.89 bits per heavy atom. The molecule has 0 fully saturated rings. The summed E-state index contributed by atoms with van der Waals surface area (Å²) in [4.78, 5) is 12.5. The fourth-order valence-corrected chi connectivity index (χ4v) is 2.45. The molecule has 18 heavy (non-hydrogen) atoms. The van der Waals surface area contributed by atoms with Crippen molar-refractivity contribution in [1.29, 1.82) is 0 Å². The van der Waals surface area contributed by atoms with Crippen LogP contribution in [0.25, 0.3) is 0 Å². The second kappa shape index (κ2) is 5.98. The molecule has 0 amide bonds. The van der Waals surface area contributed by atoms with Crippen LogP contribution in [-0.2, 0) is 13.0 Å². The zero-order valence-electron chi connectivity index (χ0n) is 11.4. The van der Waals surface area contributed by atoms with Crippen LogP contribution in [0.4, 0.5) is 0 Å². The van der Waals surface area contributed by atoms with Crippen LogP contribution in [-0.4, -0.2) is 15.6 Å². The van der Waals surface area contributed by atoms with Gasteiger partial charge in [0.15, 0.2) is 0 Å². The summed E-state index contributed by atoms with van der Waals surface area (Å²) < 4.78 is 1.84. The molecule has 3 nitrogen and oxygen atoms in total. The molecule has 1 aliphatic rings. The van der Waals surface area contributed by atoms with Crippen LogP contribution in [0.5, 0.6) is 0 Å². The number of allylic oxidation sites excluding steroid dienone is 2. The maximum atomic E-state index is 12.5. The van der Waals surface area contributed by atoms with Crippen LogP contribution in [0.2, 0.25) is 0 Å². The Morgan fingerprint density at radius 2 is 2.17 bits per heavy atom. The molecule has 1 heterocycles. The number of carbonyl (C=O) groups is 1. The normalized spacial score (nSPS) is 16.2. The Hall–Kier alpha value is -1.38. The van der Waals surface area contributed by atoms with Gasteiger partial charge >= 0.3 is 0 Å². The first kappa shape index (κ1) is 13.1. The standard InChI is InChI=1S/C15H22N2O/c1-3-13-11-14(17(4-2)16-13)15(18)12-9-7-5-6-8-10-12/h9,11H,3-8,10H2,1-2H3. The Morgan fingerprint density at radius 1 is 1.33 bits per heavy atom. The summed E-state index contributed by atoms with van der Waals surface area (Å²) >= 11 is 0. The van der Waals surface area contributed by atoms with Crippen LogP contribution in [0.3, 0.4) is 0 Å². The number of aryl methyl sites for hydroxylation is 2. The van der Waals surface area contributed by atoms with E-state index in [4.69, 9.17) is 0 Å². The number of aromatic nitrogens is 2. The third-order valence-corrected chi connectivity index (χ3v) is 3.56. The van der Waals surface area contributed by atoms with Gasteiger partial charge in [0.1, 0.15) is 5.69 Å². The van der Waals surface area contributed by atoms with Crippen molar-refractivity contribution < 1.29 is 4.79 Å². The molecule has 0 bridgehead atoms. The number of rotatable bonds is 4. The minimum atomic E-state index is 0.186. The molecule has 1 aliphatic carbocycles. The van der Waals surface area contributed by atoms with E-state index < -0.39 is 0 Å².